The maximum Gasteiger partial charge on any atom is 0.243 e. The quantitative estimate of drug-likeness (QED) is 0.847. The van der Waals surface area contributed by atoms with E-state index in [1.165, 1.54) is 0 Å². The number of benzene rings is 1. The van der Waals surface area contributed by atoms with Gasteiger partial charge in [-0.25, -0.2) is 0 Å². The van der Waals surface area contributed by atoms with E-state index >= 15 is 0 Å². The van der Waals surface area contributed by atoms with Crippen LogP contribution < -0.4 is 10.6 Å². The van der Waals surface area contributed by atoms with Crippen LogP contribution in [0.3, 0.4) is 0 Å². The summed E-state index contributed by atoms with van der Waals surface area (Å²) in [5.74, 6) is -0.452. The third-order valence-corrected chi connectivity index (χ3v) is 4.26. The second kappa shape index (κ2) is 8.46. The maximum atomic E-state index is 12.0. The van der Waals surface area contributed by atoms with Crippen molar-refractivity contribution in [2.45, 2.75) is 33.0 Å². The molecular formula is C17H24ClN3O3. The topological polar surface area (TPSA) is 70.7 Å². The van der Waals surface area contributed by atoms with Crippen molar-refractivity contribution in [1.29, 1.82) is 0 Å². The van der Waals surface area contributed by atoms with Gasteiger partial charge in [-0.1, -0.05) is 17.7 Å². The molecule has 1 aromatic carbocycles. The summed E-state index contributed by atoms with van der Waals surface area (Å²) in [5.41, 5.74) is 1.45. The number of hydrogen-bond donors (Lipinski definition) is 2. The molecule has 7 heteroatoms. The van der Waals surface area contributed by atoms with E-state index in [4.69, 9.17) is 16.3 Å². The van der Waals surface area contributed by atoms with Crippen LogP contribution in [-0.2, 0) is 14.3 Å². The lowest BCUT2D eigenvalue weighted by atomic mass is 10.2. The summed E-state index contributed by atoms with van der Waals surface area (Å²) in [6.07, 6.45) is 0.214. The molecule has 0 spiro atoms. The molecule has 132 valence electrons. The summed E-state index contributed by atoms with van der Waals surface area (Å²) in [4.78, 5) is 26.0. The first kappa shape index (κ1) is 18.7. The Balaban J connectivity index is 1.77. The number of carbonyl (C=O) groups excluding carboxylic acids is 2. The van der Waals surface area contributed by atoms with Gasteiger partial charge in [0.15, 0.2) is 0 Å². The van der Waals surface area contributed by atoms with Crippen molar-refractivity contribution in [2.75, 3.05) is 31.5 Å². The van der Waals surface area contributed by atoms with Crippen molar-refractivity contribution in [3.05, 3.63) is 28.8 Å². The Morgan fingerprint density at radius 1 is 1.25 bits per heavy atom. The van der Waals surface area contributed by atoms with Gasteiger partial charge in [0.1, 0.15) is 0 Å². The van der Waals surface area contributed by atoms with Gasteiger partial charge < -0.3 is 15.4 Å². The van der Waals surface area contributed by atoms with Gasteiger partial charge in [0, 0.05) is 23.8 Å². The van der Waals surface area contributed by atoms with Gasteiger partial charge in [0.2, 0.25) is 11.8 Å². The largest absolute Gasteiger partial charge is 0.373 e. The van der Waals surface area contributed by atoms with Crippen LogP contribution in [0, 0.1) is 6.92 Å². The number of amides is 2. The molecule has 24 heavy (non-hydrogen) atoms. The zero-order valence-electron chi connectivity index (χ0n) is 14.3. The summed E-state index contributed by atoms with van der Waals surface area (Å²) < 4.78 is 5.64. The molecule has 1 aromatic rings. The standard InChI is InChI=1S/C17H24ClN3O3/c1-11-8-21(9-12(2)24-11)10-17(23)19-7-16(22)20-15-6-4-5-14(18)13(15)3/h4-6,11-12H,7-10H2,1-3H3,(H,19,23)(H,20,22). The lowest BCUT2D eigenvalue weighted by Crippen LogP contribution is -2.49. The van der Waals surface area contributed by atoms with Crippen LogP contribution in [0.15, 0.2) is 18.2 Å². The summed E-state index contributed by atoms with van der Waals surface area (Å²) in [6.45, 7) is 7.43. The minimum absolute atomic E-state index is 0.0692. The highest BCUT2D eigenvalue weighted by molar-refractivity contribution is 6.31. The molecule has 1 aliphatic heterocycles. The van der Waals surface area contributed by atoms with Crippen molar-refractivity contribution in [2.24, 2.45) is 0 Å². The lowest BCUT2D eigenvalue weighted by Gasteiger charge is -2.34. The number of nitrogens with zero attached hydrogens (tertiary/aromatic N) is 1. The van der Waals surface area contributed by atoms with E-state index in [0.29, 0.717) is 23.8 Å². The monoisotopic (exact) mass is 353 g/mol. The Kier molecular flexibility index (Phi) is 6.60. The predicted molar refractivity (Wildman–Crippen MR) is 94.3 cm³/mol. The second-order valence-corrected chi connectivity index (χ2v) is 6.60. The molecule has 2 amide bonds. The number of halogens is 1. The number of hydrogen-bond acceptors (Lipinski definition) is 4. The number of ether oxygens (including phenoxy) is 1. The number of rotatable bonds is 5. The van der Waals surface area contributed by atoms with Crippen molar-refractivity contribution in [1.82, 2.24) is 10.2 Å². The zero-order chi connectivity index (χ0) is 17.7. The van der Waals surface area contributed by atoms with Crippen LogP contribution in [0.25, 0.3) is 0 Å². The molecule has 1 fully saturated rings. The molecule has 0 bridgehead atoms. The fourth-order valence-electron chi connectivity index (χ4n) is 2.79. The highest BCUT2D eigenvalue weighted by atomic mass is 35.5. The summed E-state index contributed by atoms with van der Waals surface area (Å²) in [6, 6.07) is 5.31. The number of morpholine rings is 1. The Morgan fingerprint density at radius 2 is 1.92 bits per heavy atom. The fourth-order valence-corrected chi connectivity index (χ4v) is 2.96. The minimum Gasteiger partial charge on any atom is -0.373 e. The SMILES string of the molecule is Cc1c(Cl)cccc1NC(=O)CNC(=O)CN1CC(C)OC(C)C1. The molecule has 0 saturated carbocycles. The Morgan fingerprint density at radius 3 is 2.58 bits per heavy atom. The van der Waals surface area contributed by atoms with Crippen LogP contribution in [0.4, 0.5) is 5.69 Å². The summed E-state index contributed by atoms with van der Waals surface area (Å²) in [7, 11) is 0. The van der Waals surface area contributed by atoms with Gasteiger partial charge in [-0.05, 0) is 38.5 Å². The molecular weight excluding hydrogens is 330 g/mol. The number of anilines is 1. The van der Waals surface area contributed by atoms with Gasteiger partial charge in [-0.3, -0.25) is 14.5 Å². The lowest BCUT2D eigenvalue weighted by molar-refractivity contribution is -0.128. The second-order valence-electron chi connectivity index (χ2n) is 6.19. The number of carbonyl (C=O) groups is 2. The summed E-state index contributed by atoms with van der Waals surface area (Å²) in [5, 5.41) is 5.99. The van der Waals surface area contributed by atoms with Crippen LogP contribution >= 0.6 is 11.6 Å². The molecule has 2 N–H and O–H groups in total. The van der Waals surface area contributed by atoms with Crippen LogP contribution in [0.5, 0.6) is 0 Å². The average Bonchev–Trinajstić information content (AvgIpc) is 2.49. The zero-order valence-corrected chi connectivity index (χ0v) is 15.0. The number of nitrogens with one attached hydrogen (secondary N) is 2. The molecule has 1 heterocycles. The van der Waals surface area contributed by atoms with Gasteiger partial charge >= 0.3 is 0 Å². The van der Waals surface area contributed by atoms with Crippen LogP contribution in [0.2, 0.25) is 5.02 Å². The fraction of sp³-hybridized carbons (Fsp3) is 0.529. The molecule has 2 unspecified atom stereocenters. The summed E-state index contributed by atoms with van der Waals surface area (Å²) >= 11 is 6.02. The first-order valence-corrected chi connectivity index (χ1v) is 8.42. The van der Waals surface area contributed by atoms with E-state index in [-0.39, 0.29) is 37.1 Å². The first-order chi connectivity index (χ1) is 11.3. The Bertz CT molecular complexity index is 599. The Hall–Kier alpha value is -1.63. The van der Waals surface area contributed by atoms with Crippen molar-refractivity contribution < 1.29 is 14.3 Å². The molecule has 6 nitrogen and oxygen atoms in total. The molecule has 1 aliphatic rings. The van der Waals surface area contributed by atoms with Crippen LogP contribution in [0.1, 0.15) is 19.4 Å². The normalized spacial score (nSPS) is 21.3. The minimum atomic E-state index is -0.280. The van der Waals surface area contributed by atoms with Crippen LogP contribution in [-0.4, -0.2) is 55.1 Å². The molecule has 1 saturated heterocycles. The van der Waals surface area contributed by atoms with Gasteiger partial charge in [-0.15, -0.1) is 0 Å². The van der Waals surface area contributed by atoms with Crippen molar-refractivity contribution in [3.63, 3.8) is 0 Å². The third kappa shape index (κ3) is 5.47. The Labute approximate surface area is 147 Å². The highest BCUT2D eigenvalue weighted by Crippen LogP contribution is 2.22. The van der Waals surface area contributed by atoms with E-state index in [2.05, 4.69) is 10.6 Å². The smallest absolute Gasteiger partial charge is 0.243 e. The van der Waals surface area contributed by atoms with E-state index < -0.39 is 0 Å². The highest BCUT2D eigenvalue weighted by Gasteiger charge is 2.23. The van der Waals surface area contributed by atoms with Gasteiger partial charge in [-0.2, -0.15) is 0 Å². The third-order valence-electron chi connectivity index (χ3n) is 3.85. The molecule has 0 aliphatic carbocycles. The van der Waals surface area contributed by atoms with Gasteiger partial charge in [0.25, 0.3) is 0 Å². The van der Waals surface area contributed by atoms with E-state index in [0.717, 1.165) is 5.56 Å². The molecule has 2 atom stereocenters. The van der Waals surface area contributed by atoms with Gasteiger partial charge in [0.05, 0.1) is 25.3 Å². The maximum absolute atomic E-state index is 12.0. The molecule has 2 rings (SSSR count). The van der Waals surface area contributed by atoms with E-state index in [1.807, 2.05) is 25.7 Å². The first-order valence-electron chi connectivity index (χ1n) is 8.04. The predicted octanol–water partition coefficient (Wildman–Crippen LogP) is 1.81. The van der Waals surface area contributed by atoms with Crippen molar-refractivity contribution in [3.8, 4) is 0 Å². The average molecular weight is 354 g/mol. The molecule has 0 radical (unpaired) electrons. The van der Waals surface area contributed by atoms with E-state index in [9.17, 15) is 9.59 Å². The van der Waals surface area contributed by atoms with E-state index in [1.54, 1.807) is 18.2 Å². The molecule has 0 aromatic heterocycles. The van der Waals surface area contributed by atoms with Crippen molar-refractivity contribution >= 4 is 29.1 Å².